The van der Waals surface area contributed by atoms with Gasteiger partial charge in [0.1, 0.15) is 0 Å². The molecule has 0 radical (unpaired) electrons. The van der Waals surface area contributed by atoms with Crippen molar-refractivity contribution in [1.29, 1.82) is 0 Å². The third kappa shape index (κ3) is 6.61. The van der Waals surface area contributed by atoms with Crippen LogP contribution in [0.1, 0.15) is 46.0 Å². The molecule has 1 unspecified atom stereocenters. The van der Waals surface area contributed by atoms with Gasteiger partial charge in [0.25, 0.3) is 0 Å². The Bertz CT molecular complexity index is 273. The predicted molar refractivity (Wildman–Crippen MR) is 98.8 cm³/mol. The Hall–Kier alpha value is -0.0400. The van der Waals surface area contributed by atoms with Crippen molar-refractivity contribution in [2.75, 3.05) is 27.2 Å². The minimum atomic E-state index is 0. The summed E-state index contributed by atoms with van der Waals surface area (Å²) in [4.78, 5) is 6.81. The molecule has 120 valence electrons. The van der Waals surface area contributed by atoms with Gasteiger partial charge < -0.3 is 16.0 Å². The minimum Gasteiger partial charge on any atom is -0.370 e. The molecule has 0 bridgehead atoms. The fraction of sp³-hybridized carbons (Fsp3) is 0.933. The maximum atomic E-state index is 5.95. The highest BCUT2D eigenvalue weighted by atomic mass is 127. The number of aliphatic imine (C=N–C) groups is 1. The van der Waals surface area contributed by atoms with Crippen molar-refractivity contribution in [3.63, 3.8) is 0 Å². The molecule has 0 amide bonds. The summed E-state index contributed by atoms with van der Waals surface area (Å²) in [5, 5.41) is 3.26. The van der Waals surface area contributed by atoms with E-state index < -0.39 is 0 Å². The lowest BCUT2D eigenvalue weighted by molar-refractivity contribution is 0.206. The molecule has 1 atom stereocenters. The first kappa shape index (κ1) is 20.0. The van der Waals surface area contributed by atoms with Gasteiger partial charge in [0.05, 0.1) is 6.54 Å². The maximum Gasteiger partial charge on any atom is 0.188 e. The summed E-state index contributed by atoms with van der Waals surface area (Å²) >= 11 is 0. The van der Waals surface area contributed by atoms with Gasteiger partial charge in [-0.25, -0.2) is 0 Å². The van der Waals surface area contributed by atoms with E-state index >= 15 is 0 Å². The standard InChI is InChI=1S/C15H32N4.HI/c1-5-13(6-2)14(19(3)4)11-18-15(16)17-10-12-8-7-9-12;/h12-14H,5-11H2,1-4H3,(H3,16,17,18);1H. The number of nitrogens with zero attached hydrogens (tertiary/aromatic N) is 2. The van der Waals surface area contributed by atoms with E-state index in [1.165, 1.54) is 32.1 Å². The lowest BCUT2D eigenvalue weighted by atomic mass is 9.85. The molecule has 0 aromatic heterocycles. The molecule has 1 fully saturated rings. The molecule has 0 spiro atoms. The van der Waals surface area contributed by atoms with Crippen molar-refractivity contribution < 1.29 is 0 Å². The lowest BCUT2D eigenvalue weighted by Gasteiger charge is -2.30. The van der Waals surface area contributed by atoms with Gasteiger partial charge in [-0.2, -0.15) is 0 Å². The third-order valence-electron chi connectivity index (χ3n) is 4.50. The topological polar surface area (TPSA) is 53.6 Å². The Morgan fingerprint density at radius 2 is 1.90 bits per heavy atom. The predicted octanol–water partition coefficient (Wildman–Crippen LogP) is 2.68. The van der Waals surface area contributed by atoms with Gasteiger partial charge in [0, 0.05) is 12.6 Å². The van der Waals surface area contributed by atoms with Crippen LogP contribution < -0.4 is 11.1 Å². The van der Waals surface area contributed by atoms with Crippen LogP contribution in [0.3, 0.4) is 0 Å². The Balaban J connectivity index is 0.00000361. The second kappa shape index (κ2) is 10.7. The Labute approximate surface area is 142 Å². The van der Waals surface area contributed by atoms with Crippen LogP contribution in [-0.4, -0.2) is 44.1 Å². The summed E-state index contributed by atoms with van der Waals surface area (Å²) in [5.74, 6) is 2.13. The number of hydrogen-bond donors (Lipinski definition) is 2. The van der Waals surface area contributed by atoms with Gasteiger partial charge in [0.15, 0.2) is 5.96 Å². The molecule has 0 aliphatic heterocycles. The van der Waals surface area contributed by atoms with Crippen LogP contribution in [0.2, 0.25) is 0 Å². The quantitative estimate of drug-likeness (QED) is 0.377. The first-order chi connectivity index (χ1) is 9.08. The zero-order valence-corrected chi connectivity index (χ0v) is 15.9. The van der Waals surface area contributed by atoms with E-state index in [1.807, 2.05) is 0 Å². The average Bonchev–Trinajstić information content (AvgIpc) is 2.32. The third-order valence-corrected chi connectivity index (χ3v) is 4.50. The number of nitrogens with two attached hydrogens (primary N) is 1. The fourth-order valence-corrected chi connectivity index (χ4v) is 2.76. The molecule has 0 heterocycles. The molecule has 0 aromatic carbocycles. The molecule has 20 heavy (non-hydrogen) atoms. The van der Waals surface area contributed by atoms with E-state index in [0.29, 0.717) is 17.9 Å². The van der Waals surface area contributed by atoms with E-state index in [1.54, 1.807) is 0 Å². The van der Waals surface area contributed by atoms with E-state index in [0.717, 1.165) is 19.0 Å². The summed E-state index contributed by atoms with van der Waals surface area (Å²) < 4.78 is 0. The van der Waals surface area contributed by atoms with E-state index in [2.05, 4.69) is 43.2 Å². The average molecular weight is 396 g/mol. The molecular formula is C15H33IN4. The van der Waals surface area contributed by atoms with Crippen molar-refractivity contribution in [3.8, 4) is 0 Å². The van der Waals surface area contributed by atoms with Gasteiger partial charge in [0.2, 0.25) is 0 Å². The first-order valence-corrected chi connectivity index (χ1v) is 7.78. The maximum absolute atomic E-state index is 5.95. The summed E-state index contributed by atoms with van der Waals surface area (Å²) in [5.41, 5.74) is 5.95. The van der Waals surface area contributed by atoms with Gasteiger partial charge in [-0.15, -0.1) is 24.0 Å². The Morgan fingerprint density at radius 1 is 1.30 bits per heavy atom. The monoisotopic (exact) mass is 396 g/mol. The summed E-state index contributed by atoms with van der Waals surface area (Å²) in [7, 11) is 4.27. The molecule has 1 aliphatic rings. The molecule has 0 saturated heterocycles. The number of nitrogens with one attached hydrogen (secondary N) is 1. The fourth-order valence-electron chi connectivity index (χ4n) is 2.76. The van der Waals surface area contributed by atoms with Crippen LogP contribution in [0.15, 0.2) is 4.99 Å². The molecule has 1 aliphatic carbocycles. The highest BCUT2D eigenvalue weighted by Gasteiger charge is 2.20. The molecule has 5 heteroatoms. The minimum absolute atomic E-state index is 0. The molecule has 0 aromatic rings. The SMILES string of the molecule is CCC(CC)C(CN=C(N)NCC1CCC1)N(C)C.I. The number of hydrogen-bond acceptors (Lipinski definition) is 2. The number of guanidine groups is 1. The van der Waals surface area contributed by atoms with Crippen LogP contribution in [-0.2, 0) is 0 Å². The van der Waals surface area contributed by atoms with Crippen molar-refractivity contribution in [3.05, 3.63) is 0 Å². The largest absolute Gasteiger partial charge is 0.370 e. The highest BCUT2D eigenvalue weighted by Crippen LogP contribution is 2.25. The van der Waals surface area contributed by atoms with Crippen molar-refractivity contribution in [2.45, 2.75) is 52.0 Å². The number of halogens is 1. The smallest absolute Gasteiger partial charge is 0.188 e. The molecule has 1 rings (SSSR count). The van der Waals surface area contributed by atoms with Crippen molar-refractivity contribution in [2.24, 2.45) is 22.6 Å². The summed E-state index contributed by atoms with van der Waals surface area (Å²) in [6.07, 6.45) is 6.46. The van der Waals surface area contributed by atoms with Crippen LogP contribution in [0.4, 0.5) is 0 Å². The zero-order valence-electron chi connectivity index (χ0n) is 13.6. The molecule has 3 N–H and O–H groups in total. The normalized spacial score (nSPS) is 17.8. The van der Waals surface area contributed by atoms with E-state index in [9.17, 15) is 0 Å². The highest BCUT2D eigenvalue weighted by molar-refractivity contribution is 14.0. The first-order valence-electron chi connectivity index (χ1n) is 7.78. The number of likely N-dealkylation sites (N-methyl/N-ethyl adjacent to an activating group) is 1. The van der Waals surface area contributed by atoms with Crippen LogP contribution >= 0.6 is 24.0 Å². The summed E-state index contributed by atoms with van der Waals surface area (Å²) in [6.45, 7) is 6.30. The zero-order chi connectivity index (χ0) is 14.3. The molecule has 4 nitrogen and oxygen atoms in total. The van der Waals surface area contributed by atoms with Crippen molar-refractivity contribution in [1.82, 2.24) is 10.2 Å². The van der Waals surface area contributed by atoms with Gasteiger partial charge in [-0.05, 0) is 38.8 Å². The van der Waals surface area contributed by atoms with E-state index in [-0.39, 0.29) is 24.0 Å². The summed E-state index contributed by atoms with van der Waals surface area (Å²) in [6, 6.07) is 0.485. The Morgan fingerprint density at radius 3 is 2.30 bits per heavy atom. The van der Waals surface area contributed by atoms with Gasteiger partial charge in [-0.1, -0.05) is 33.1 Å². The van der Waals surface area contributed by atoms with Gasteiger partial charge in [-0.3, -0.25) is 4.99 Å². The van der Waals surface area contributed by atoms with Crippen LogP contribution in [0, 0.1) is 11.8 Å². The molecule has 1 saturated carbocycles. The Kier molecular flexibility index (Phi) is 10.6. The van der Waals surface area contributed by atoms with Crippen molar-refractivity contribution >= 4 is 29.9 Å². The second-order valence-corrected chi connectivity index (χ2v) is 6.01. The second-order valence-electron chi connectivity index (χ2n) is 6.01. The van der Waals surface area contributed by atoms with Gasteiger partial charge >= 0.3 is 0 Å². The van der Waals surface area contributed by atoms with Crippen LogP contribution in [0.25, 0.3) is 0 Å². The molecular weight excluding hydrogens is 363 g/mol. The number of rotatable bonds is 8. The van der Waals surface area contributed by atoms with E-state index in [4.69, 9.17) is 5.73 Å². The lowest BCUT2D eigenvalue weighted by Crippen LogP contribution is -2.41. The van der Waals surface area contributed by atoms with Crippen LogP contribution in [0.5, 0.6) is 0 Å².